The van der Waals surface area contributed by atoms with Crippen LogP contribution in [-0.4, -0.2) is 20.1 Å². The van der Waals surface area contributed by atoms with Gasteiger partial charge in [-0.05, 0) is 12.1 Å². The minimum Gasteiger partial charge on any atom is -0.744 e. The van der Waals surface area contributed by atoms with Crippen molar-refractivity contribution in [3.05, 3.63) is 24.0 Å². The molecule has 0 atom stereocenters. The standard InChI is InChI=1S/C7H7FO4S.Na/c1-12-5-2-3-7(6(8)4-5)13(9,10)11;/h2-4H,1H3,(H,9,10,11);/q;+1/p-1. The Hall–Kier alpha value is -0.140. The Labute approximate surface area is 103 Å². The average molecular weight is 228 g/mol. The molecule has 0 aliphatic rings. The zero-order valence-corrected chi connectivity index (χ0v) is 10.5. The summed E-state index contributed by atoms with van der Waals surface area (Å²) in [5.41, 5.74) is 0. The number of hydrogen-bond acceptors (Lipinski definition) is 4. The van der Waals surface area contributed by atoms with Gasteiger partial charge >= 0.3 is 29.6 Å². The number of ether oxygens (including phenoxy) is 1. The van der Waals surface area contributed by atoms with E-state index in [1.807, 2.05) is 0 Å². The van der Waals surface area contributed by atoms with Crippen LogP contribution in [-0.2, 0) is 10.1 Å². The second-order valence-corrected chi connectivity index (χ2v) is 3.60. The molecule has 0 amide bonds. The summed E-state index contributed by atoms with van der Waals surface area (Å²) in [5.74, 6) is -0.945. The molecule has 0 bridgehead atoms. The van der Waals surface area contributed by atoms with Crippen LogP contribution in [0.1, 0.15) is 0 Å². The first kappa shape index (κ1) is 13.9. The molecule has 1 rings (SSSR count). The summed E-state index contributed by atoms with van der Waals surface area (Å²) >= 11 is 0. The average Bonchev–Trinajstić information content (AvgIpc) is 2.01. The number of rotatable bonds is 2. The Kier molecular flexibility index (Phi) is 5.03. The molecule has 0 radical (unpaired) electrons. The minimum absolute atomic E-state index is 0. The van der Waals surface area contributed by atoms with Gasteiger partial charge in [-0.1, -0.05) is 0 Å². The van der Waals surface area contributed by atoms with Crippen molar-refractivity contribution in [1.82, 2.24) is 0 Å². The van der Waals surface area contributed by atoms with Gasteiger partial charge in [0.2, 0.25) is 0 Å². The predicted molar refractivity (Wildman–Crippen MR) is 40.9 cm³/mol. The van der Waals surface area contributed by atoms with E-state index in [2.05, 4.69) is 4.74 Å². The molecule has 0 aliphatic carbocycles. The molecule has 1 aromatic carbocycles. The third kappa shape index (κ3) is 3.21. The second-order valence-electron chi connectivity index (χ2n) is 2.25. The van der Waals surface area contributed by atoms with E-state index in [0.29, 0.717) is 0 Å². The predicted octanol–water partition coefficient (Wildman–Crippen LogP) is -2.26. The molecule has 72 valence electrons. The van der Waals surface area contributed by atoms with E-state index in [-0.39, 0.29) is 35.3 Å². The van der Waals surface area contributed by atoms with Gasteiger partial charge < -0.3 is 9.29 Å². The monoisotopic (exact) mass is 228 g/mol. The van der Waals surface area contributed by atoms with Crippen molar-refractivity contribution in [1.29, 1.82) is 0 Å². The van der Waals surface area contributed by atoms with Crippen LogP contribution < -0.4 is 34.3 Å². The fraction of sp³-hybridized carbons (Fsp3) is 0.143. The molecule has 0 N–H and O–H groups in total. The molecule has 14 heavy (non-hydrogen) atoms. The molecular weight excluding hydrogens is 222 g/mol. The Morgan fingerprint density at radius 1 is 1.43 bits per heavy atom. The Bertz CT molecular complexity index is 418. The van der Waals surface area contributed by atoms with E-state index >= 15 is 0 Å². The molecular formula is C7H6FNaO4S. The molecule has 7 heteroatoms. The molecule has 0 fully saturated rings. The number of halogens is 1. The SMILES string of the molecule is COc1ccc(S(=O)(=O)[O-])c(F)c1.[Na+]. The molecule has 0 saturated carbocycles. The maximum Gasteiger partial charge on any atom is 1.00 e. The number of benzene rings is 1. The quantitative estimate of drug-likeness (QED) is 0.423. The van der Waals surface area contributed by atoms with Gasteiger partial charge in [-0.3, -0.25) is 0 Å². The van der Waals surface area contributed by atoms with Crippen LogP contribution >= 0.6 is 0 Å². The van der Waals surface area contributed by atoms with Crippen LogP contribution in [0.4, 0.5) is 4.39 Å². The van der Waals surface area contributed by atoms with Crippen molar-refractivity contribution in [3.8, 4) is 5.75 Å². The van der Waals surface area contributed by atoms with Crippen LogP contribution in [0.15, 0.2) is 23.1 Å². The first-order chi connectivity index (χ1) is 5.95. The van der Waals surface area contributed by atoms with Gasteiger partial charge in [0.05, 0.1) is 12.0 Å². The first-order valence-corrected chi connectivity index (χ1v) is 4.65. The van der Waals surface area contributed by atoms with Crippen LogP contribution in [0.25, 0.3) is 0 Å². The summed E-state index contributed by atoms with van der Waals surface area (Å²) in [6.45, 7) is 0. The molecule has 0 aromatic heterocycles. The van der Waals surface area contributed by atoms with E-state index in [0.717, 1.165) is 12.1 Å². The van der Waals surface area contributed by atoms with Crippen molar-refractivity contribution < 1.29 is 51.7 Å². The summed E-state index contributed by atoms with van der Waals surface area (Å²) in [5, 5.41) is 0. The van der Waals surface area contributed by atoms with Gasteiger partial charge in [-0.15, -0.1) is 0 Å². The van der Waals surface area contributed by atoms with Crippen LogP contribution in [0.2, 0.25) is 0 Å². The molecule has 1 aromatic rings. The van der Waals surface area contributed by atoms with Gasteiger partial charge in [-0.2, -0.15) is 0 Å². The van der Waals surface area contributed by atoms with Crippen LogP contribution in [0.3, 0.4) is 0 Å². The summed E-state index contributed by atoms with van der Waals surface area (Å²) in [7, 11) is -3.43. The topological polar surface area (TPSA) is 66.4 Å². The van der Waals surface area contributed by atoms with Crippen molar-refractivity contribution >= 4 is 10.1 Å². The van der Waals surface area contributed by atoms with Gasteiger partial charge in [0.15, 0.2) is 0 Å². The molecule has 4 nitrogen and oxygen atoms in total. The van der Waals surface area contributed by atoms with Gasteiger partial charge in [-0.25, -0.2) is 12.8 Å². The molecule has 0 spiro atoms. The van der Waals surface area contributed by atoms with E-state index in [1.54, 1.807) is 0 Å². The van der Waals surface area contributed by atoms with E-state index in [9.17, 15) is 17.4 Å². The zero-order chi connectivity index (χ0) is 10.1. The molecule has 0 saturated heterocycles. The maximum atomic E-state index is 12.9. The van der Waals surface area contributed by atoms with E-state index < -0.39 is 20.8 Å². The fourth-order valence-electron chi connectivity index (χ4n) is 0.811. The molecule has 0 unspecified atom stereocenters. The van der Waals surface area contributed by atoms with Crippen LogP contribution in [0.5, 0.6) is 5.75 Å². The van der Waals surface area contributed by atoms with E-state index in [1.165, 1.54) is 13.2 Å². The first-order valence-electron chi connectivity index (χ1n) is 3.24. The normalized spacial score (nSPS) is 10.5. The molecule has 0 aliphatic heterocycles. The third-order valence-electron chi connectivity index (χ3n) is 1.41. The number of methoxy groups -OCH3 is 1. The summed E-state index contributed by atoms with van der Waals surface area (Å²) in [4.78, 5) is -0.867. The summed E-state index contributed by atoms with van der Waals surface area (Å²) < 4.78 is 48.8. The van der Waals surface area contributed by atoms with Crippen LogP contribution in [0, 0.1) is 5.82 Å². The van der Waals surface area contributed by atoms with Gasteiger partial charge in [0.25, 0.3) is 0 Å². The van der Waals surface area contributed by atoms with Crippen molar-refractivity contribution in [2.24, 2.45) is 0 Å². The van der Waals surface area contributed by atoms with Gasteiger partial charge in [0.1, 0.15) is 21.7 Å². The minimum atomic E-state index is -4.74. The second kappa shape index (κ2) is 5.09. The van der Waals surface area contributed by atoms with E-state index in [4.69, 9.17) is 0 Å². The summed E-state index contributed by atoms with van der Waals surface area (Å²) in [6, 6.07) is 2.91. The number of hydrogen-bond donors (Lipinski definition) is 0. The smallest absolute Gasteiger partial charge is 0.744 e. The third-order valence-corrected chi connectivity index (χ3v) is 2.28. The van der Waals surface area contributed by atoms with Gasteiger partial charge in [0, 0.05) is 6.07 Å². The zero-order valence-electron chi connectivity index (χ0n) is 7.65. The largest absolute Gasteiger partial charge is 1.00 e. The molecule has 0 heterocycles. The fourth-order valence-corrected chi connectivity index (χ4v) is 1.34. The Morgan fingerprint density at radius 2 is 2.00 bits per heavy atom. The van der Waals surface area contributed by atoms with Crippen molar-refractivity contribution in [2.45, 2.75) is 4.90 Å². The Balaban J connectivity index is 0.00000169. The van der Waals surface area contributed by atoms with Crippen molar-refractivity contribution in [3.63, 3.8) is 0 Å². The Morgan fingerprint density at radius 3 is 2.36 bits per heavy atom. The van der Waals surface area contributed by atoms with Crippen molar-refractivity contribution in [2.75, 3.05) is 7.11 Å². The summed E-state index contributed by atoms with van der Waals surface area (Å²) in [6.07, 6.45) is 0. The maximum absolute atomic E-state index is 12.9.